The second kappa shape index (κ2) is 4.04. The number of halogens is 3. The van der Waals surface area contributed by atoms with E-state index < -0.39 is 11.9 Å². The van der Waals surface area contributed by atoms with Crippen LogP contribution in [-0.4, -0.2) is 25.4 Å². The summed E-state index contributed by atoms with van der Waals surface area (Å²) in [7, 11) is 0. The van der Waals surface area contributed by atoms with Crippen molar-refractivity contribution in [1.82, 2.24) is 25.4 Å². The van der Waals surface area contributed by atoms with E-state index in [1.165, 1.54) is 6.07 Å². The van der Waals surface area contributed by atoms with Gasteiger partial charge < -0.3 is 0 Å². The lowest BCUT2D eigenvalue weighted by atomic mass is 10.2. The Morgan fingerprint density at radius 3 is 2.12 bits per heavy atom. The van der Waals surface area contributed by atoms with E-state index >= 15 is 0 Å². The summed E-state index contributed by atoms with van der Waals surface area (Å²) < 4.78 is 36.8. The Bertz CT molecular complexity index is 506. The quantitative estimate of drug-likeness (QED) is 0.759. The minimum atomic E-state index is -4.46. The fraction of sp³-hybridized carbons (Fsp3) is 0.222. The van der Waals surface area contributed by atoms with E-state index in [1.54, 1.807) is 6.92 Å². The fourth-order valence-electron chi connectivity index (χ4n) is 1.09. The molecule has 0 saturated heterocycles. The molecule has 2 rings (SSSR count). The molecule has 2 heterocycles. The SMILES string of the molecule is Cc1nnc(-c2ccc(C(F)(F)F)nc2)nn1. The number of nitrogens with zero attached hydrogens (tertiary/aromatic N) is 5. The molecule has 0 spiro atoms. The number of aryl methyl sites for hydroxylation is 1. The van der Waals surface area contributed by atoms with Crippen molar-refractivity contribution in [3.05, 3.63) is 29.8 Å². The fourth-order valence-corrected chi connectivity index (χ4v) is 1.09. The molecule has 8 heteroatoms. The summed E-state index contributed by atoms with van der Waals surface area (Å²) >= 11 is 0. The zero-order chi connectivity index (χ0) is 12.5. The summed E-state index contributed by atoms with van der Waals surface area (Å²) in [4.78, 5) is 3.29. The van der Waals surface area contributed by atoms with Crippen molar-refractivity contribution in [2.24, 2.45) is 0 Å². The standard InChI is InChI=1S/C9H6F3N5/c1-5-14-16-8(17-15-5)6-2-3-7(13-4-6)9(10,11)12/h2-4H,1H3. The minimum absolute atomic E-state index is 0.136. The number of hydrogen-bond acceptors (Lipinski definition) is 5. The second-order valence-corrected chi connectivity index (χ2v) is 3.20. The average molecular weight is 241 g/mol. The number of aromatic nitrogens is 5. The molecule has 0 radical (unpaired) electrons. The molecule has 0 atom stereocenters. The molecule has 0 unspecified atom stereocenters. The van der Waals surface area contributed by atoms with Crippen molar-refractivity contribution in [3.8, 4) is 11.4 Å². The van der Waals surface area contributed by atoms with Gasteiger partial charge in [0.15, 0.2) is 5.82 Å². The normalized spacial score (nSPS) is 11.5. The highest BCUT2D eigenvalue weighted by Crippen LogP contribution is 2.28. The average Bonchev–Trinajstić information content (AvgIpc) is 2.29. The topological polar surface area (TPSA) is 64.5 Å². The van der Waals surface area contributed by atoms with Crippen LogP contribution in [0.5, 0.6) is 0 Å². The van der Waals surface area contributed by atoms with Crippen LogP contribution >= 0.6 is 0 Å². The molecule has 88 valence electrons. The Labute approximate surface area is 93.8 Å². The lowest BCUT2D eigenvalue weighted by Crippen LogP contribution is -2.07. The Balaban J connectivity index is 2.33. The van der Waals surface area contributed by atoms with E-state index in [1.807, 2.05) is 0 Å². The van der Waals surface area contributed by atoms with Crippen molar-refractivity contribution >= 4 is 0 Å². The smallest absolute Gasteiger partial charge is 0.251 e. The third-order valence-electron chi connectivity index (χ3n) is 1.89. The summed E-state index contributed by atoms with van der Waals surface area (Å²) in [5.41, 5.74) is -0.632. The third-order valence-corrected chi connectivity index (χ3v) is 1.89. The molecule has 5 nitrogen and oxygen atoms in total. The van der Waals surface area contributed by atoms with Crippen LogP contribution in [0.1, 0.15) is 11.5 Å². The molecule has 0 aromatic carbocycles. The van der Waals surface area contributed by atoms with Gasteiger partial charge in [-0.05, 0) is 19.1 Å². The van der Waals surface area contributed by atoms with Gasteiger partial charge >= 0.3 is 6.18 Å². The first-order valence-electron chi connectivity index (χ1n) is 4.54. The molecule has 2 aromatic rings. The van der Waals surface area contributed by atoms with E-state index in [0.717, 1.165) is 12.3 Å². The highest BCUT2D eigenvalue weighted by Gasteiger charge is 2.32. The van der Waals surface area contributed by atoms with Gasteiger partial charge in [0.25, 0.3) is 0 Å². The molecule has 0 bridgehead atoms. The van der Waals surface area contributed by atoms with Crippen LogP contribution in [0.25, 0.3) is 11.4 Å². The molecule has 2 aromatic heterocycles. The lowest BCUT2D eigenvalue weighted by Gasteiger charge is -2.05. The second-order valence-electron chi connectivity index (χ2n) is 3.20. The molecular weight excluding hydrogens is 235 g/mol. The highest BCUT2D eigenvalue weighted by molar-refractivity contribution is 5.51. The van der Waals surface area contributed by atoms with E-state index in [4.69, 9.17) is 0 Å². The molecule has 0 aliphatic carbocycles. The molecule has 0 amide bonds. The lowest BCUT2D eigenvalue weighted by molar-refractivity contribution is -0.141. The summed E-state index contributed by atoms with van der Waals surface area (Å²) in [5, 5.41) is 14.7. The van der Waals surface area contributed by atoms with Crippen LogP contribution in [0.2, 0.25) is 0 Å². The molecule has 17 heavy (non-hydrogen) atoms. The van der Waals surface area contributed by atoms with Crippen LogP contribution in [0, 0.1) is 6.92 Å². The van der Waals surface area contributed by atoms with Crippen molar-refractivity contribution in [2.45, 2.75) is 13.1 Å². The molecule has 0 saturated carbocycles. The van der Waals surface area contributed by atoms with Gasteiger partial charge in [-0.2, -0.15) is 13.2 Å². The number of pyridine rings is 1. The first-order chi connectivity index (χ1) is 7.97. The highest BCUT2D eigenvalue weighted by atomic mass is 19.4. The van der Waals surface area contributed by atoms with Gasteiger partial charge in [0.2, 0.25) is 5.82 Å². The molecule has 0 aliphatic rings. The van der Waals surface area contributed by atoms with Gasteiger partial charge in [-0.25, -0.2) is 0 Å². The largest absolute Gasteiger partial charge is 0.433 e. The summed E-state index contributed by atoms with van der Waals surface area (Å²) in [6, 6.07) is 2.09. The monoisotopic (exact) mass is 241 g/mol. The maximum atomic E-state index is 12.3. The van der Waals surface area contributed by atoms with Crippen molar-refractivity contribution in [3.63, 3.8) is 0 Å². The van der Waals surface area contributed by atoms with Crippen LogP contribution in [0.3, 0.4) is 0 Å². The molecule has 0 aliphatic heterocycles. The number of alkyl halides is 3. The van der Waals surface area contributed by atoms with Crippen molar-refractivity contribution in [2.75, 3.05) is 0 Å². The summed E-state index contributed by atoms with van der Waals surface area (Å²) in [5.74, 6) is 0.519. The van der Waals surface area contributed by atoms with Gasteiger partial charge in [-0.15, -0.1) is 20.4 Å². The summed E-state index contributed by atoms with van der Waals surface area (Å²) in [6.07, 6.45) is -3.42. The minimum Gasteiger partial charge on any atom is -0.251 e. The molecule has 0 N–H and O–H groups in total. The number of hydrogen-bond donors (Lipinski definition) is 0. The predicted molar refractivity (Wildman–Crippen MR) is 50.6 cm³/mol. The van der Waals surface area contributed by atoms with Gasteiger partial charge in [0.05, 0.1) is 0 Å². The third kappa shape index (κ3) is 2.52. The van der Waals surface area contributed by atoms with E-state index in [-0.39, 0.29) is 5.82 Å². The van der Waals surface area contributed by atoms with Crippen molar-refractivity contribution in [1.29, 1.82) is 0 Å². The Morgan fingerprint density at radius 1 is 1.00 bits per heavy atom. The predicted octanol–water partition coefficient (Wildman–Crippen LogP) is 1.66. The van der Waals surface area contributed by atoms with Crippen LogP contribution < -0.4 is 0 Å². The van der Waals surface area contributed by atoms with Crippen LogP contribution in [-0.2, 0) is 6.18 Å². The summed E-state index contributed by atoms with van der Waals surface area (Å²) in [6.45, 7) is 1.61. The van der Waals surface area contributed by atoms with E-state index in [0.29, 0.717) is 11.4 Å². The van der Waals surface area contributed by atoms with Gasteiger partial charge in [0.1, 0.15) is 5.69 Å². The Morgan fingerprint density at radius 2 is 1.65 bits per heavy atom. The Kier molecular flexibility index (Phi) is 2.70. The van der Waals surface area contributed by atoms with Gasteiger partial charge in [0, 0.05) is 11.8 Å². The van der Waals surface area contributed by atoms with Crippen LogP contribution in [0.4, 0.5) is 13.2 Å². The van der Waals surface area contributed by atoms with E-state index in [9.17, 15) is 13.2 Å². The zero-order valence-corrected chi connectivity index (χ0v) is 8.60. The van der Waals surface area contributed by atoms with E-state index in [2.05, 4.69) is 25.4 Å². The molecular formula is C9H6F3N5. The maximum absolute atomic E-state index is 12.3. The Hall–Kier alpha value is -2.12. The van der Waals surface area contributed by atoms with Gasteiger partial charge in [-0.1, -0.05) is 0 Å². The zero-order valence-electron chi connectivity index (χ0n) is 8.60. The van der Waals surface area contributed by atoms with Crippen LogP contribution in [0.15, 0.2) is 18.3 Å². The first-order valence-corrected chi connectivity index (χ1v) is 4.54. The number of rotatable bonds is 1. The molecule has 0 fully saturated rings. The first kappa shape index (κ1) is 11.4. The van der Waals surface area contributed by atoms with Gasteiger partial charge in [-0.3, -0.25) is 4.98 Å². The maximum Gasteiger partial charge on any atom is 0.433 e. The van der Waals surface area contributed by atoms with Crippen molar-refractivity contribution < 1.29 is 13.2 Å².